The number of nitrogens with two attached hydrogens (primary N) is 2. The van der Waals surface area contributed by atoms with Crippen molar-refractivity contribution in [2.45, 2.75) is 37.2 Å². The standard InChI is InChI=1S/C25H25F3N4O2/c26-25(27,28)34-19-3-1-2-16(12-19)20-13-21-23(33)31-14-18(8-11-29)32(21)22(20)15-4-6-17(7-5-15)24(30)9-10-24/h1-7,12-13,18H,8-11,14,29-30H2,(H,31,33)/t18-/m0/s1. The van der Waals surface area contributed by atoms with Gasteiger partial charge in [0, 0.05) is 17.6 Å². The number of hydrogen-bond donors (Lipinski definition) is 3. The van der Waals surface area contributed by atoms with Crippen molar-refractivity contribution in [3.63, 3.8) is 0 Å². The number of alkyl halides is 3. The summed E-state index contributed by atoms with van der Waals surface area (Å²) in [6.45, 7) is 0.849. The van der Waals surface area contributed by atoms with Gasteiger partial charge in [-0.3, -0.25) is 4.79 Å². The molecule has 1 aliphatic carbocycles. The molecular formula is C25H25F3N4O2. The van der Waals surface area contributed by atoms with Crippen molar-refractivity contribution < 1.29 is 22.7 Å². The molecule has 0 saturated heterocycles. The van der Waals surface area contributed by atoms with Gasteiger partial charge in [0.05, 0.1) is 11.7 Å². The molecule has 5 N–H and O–H groups in total. The summed E-state index contributed by atoms with van der Waals surface area (Å²) in [6.07, 6.45) is -2.30. The van der Waals surface area contributed by atoms with Gasteiger partial charge in [0.2, 0.25) is 0 Å². The number of fused-ring (bicyclic) bond motifs is 1. The summed E-state index contributed by atoms with van der Waals surface area (Å²) in [4.78, 5) is 12.8. The third-order valence-corrected chi connectivity index (χ3v) is 6.53. The Labute approximate surface area is 194 Å². The highest BCUT2D eigenvalue weighted by Crippen LogP contribution is 2.44. The van der Waals surface area contributed by atoms with Gasteiger partial charge in [-0.05, 0) is 60.7 Å². The lowest BCUT2D eigenvalue weighted by atomic mass is 9.98. The number of nitrogens with one attached hydrogen (secondary N) is 1. The predicted molar refractivity (Wildman–Crippen MR) is 122 cm³/mol. The molecule has 0 bridgehead atoms. The van der Waals surface area contributed by atoms with E-state index in [-0.39, 0.29) is 23.2 Å². The van der Waals surface area contributed by atoms with E-state index in [9.17, 15) is 18.0 Å². The van der Waals surface area contributed by atoms with Crippen LogP contribution in [0.1, 0.15) is 41.4 Å². The summed E-state index contributed by atoms with van der Waals surface area (Å²) in [6, 6.07) is 15.3. The number of nitrogens with zero attached hydrogens (tertiary/aromatic N) is 1. The summed E-state index contributed by atoms with van der Waals surface area (Å²) in [7, 11) is 0. The number of benzene rings is 2. The molecule has 0 unspecified atom stereocenters. The molecule has 6 nitrogen and oxygen atoms in total. The topological polar surface area (TPSA) is 95.3 Å². The van der Waals surface area contributed by atoms with E-state index >= 15 is 0 Å². The number of ether oxygens (including phenoxy) is 1. The quantitative estimate of drug-likeness (QED) is 0.501. The van der Waals surface area contributed by atoms with Crippen LogP contribution in [0, 0.1) is 0 Å². The van der Waals surface area contributed by atoms with E-state index < -0.39 is 6.36 Å². The lowest BCUT2D eigenvalue weighted by Gasteiger charge is -2.28. The van der Waals surface area contributed by atoms with Gasteiger partial charge in [-0.15, -0.1) is 13.2 Å². The second-order valence-electron chi connectivity index (χ2n) is 8.91. The van der Waals surface area contributed by atoms with Crippen molar-refractivity contribution in [3.8, 4) is 28.1 Å². The average Bonchev–Trinajstić information content (AvgIpc) is 3.41. The van der Waals surface area contributed by atoms with E-state index in [1.165, 1.54) is 18.2 Å². The van der Waals surface area contributed by atoms with Crippen LogP contribution in [0.2, 0.25) is 0 Å². The molecule has 3 aromatic rings. The van der Waals surface area contributed by atoms with Gasteiger partial charge >= 0.3 is 6.36 Å². The largest absolute Gasteiger partial charge is 0.573 e. The molecule has 0 spiro atoms. The first-order valence-electron chi connectivity index (χ1n) is 11.2. The van der Waals surface area contributed by atoms with E-state index in [4.69, 9.17) is 11.5 Å². The number of amides is 1. The molecule has 0 radical (unpaired) electrons. The van der Waals surface area contributed by atoms with Gasteiger partial charge in [0.25, 0.3) is 5.91 Å². The van der Waals surface area contributed by atoms with E-state index in [0.29, 0.717) is 36.3 Å². The molecule has 2 heterocycles. The van der Waals surface area contributed by atoms with Gasteiger partial charge in [-0.25, -0.2) is 0 Å². The third kappa shape index (κ3) is 4.17. The molecule has 2 aromatic carbocycles. The maximum absolute atomic E-state index is 12.8. The Hall–Kier alpha value is -3.30. The molecule has 178 valence electrons. The van der Waals surface area contributed by atoms with Crippen LogP contribution in [0.5, 0.6) is 5.75 Å². The summed E-state index contributed by atoms with van der Waals surface area (Å²) >= 11 is 0. The van der Waals surface area contributed by atoms with Crippen LogP contribution >= 0.6 is 0 Å². The van der Waals surface area contributed by atoms with Gasteiger partial charge in [0.15, 0.2) is 0 Å². The van der Waals surface area contributed by atoms with Crippen LogP contribution in [-0.2, 0) is 5.54 Å². The number of aromatic nitrogens is 1. The SMILES string of the molecule is NCC[C@H]1CNC(=O)c2cc(-c3cccc(OC(F)(F)F)c3)c(-c3ccc(C4(N)CC4)cc3)n21. The highest BCUT2D eigenvalue weighted by atomic mass is 19.4. The van der Waals surface area contributed by atoms with Crippen LogP contribution in [0.25, 0.3) is 22.4 Å². The third-order valence-electron chi connectivity index (χ3n) is 6.53. The fourth-order valence-corrected chi connectivity index (χ4v) is 4.65. The molecule has 1 aromatic heterocycles. The Morgan fingerprint density at radius 3 is 2.47 bits per heavy atom. The van der Waals surface area contributed by atoms with Crippen molar-refractivity contribution in [2.75, 3.05) is 13.1 Å². The van der Waals surface area contributed by atoms with Crippen LogP contribution in [-0.4, -0.2) is 29.9 Å². The van der Waals surface area contributed by atoms with Gasteiger partial charge in [-0.2, -0.15) is 0 Å². The fourth-order valence-electron chi connectivity index (χ4n) is 4.65. The number of hydrogen-bond acceptors (Lipinski definition) is 4. The minimum atomic E-state index is -4.80. The minimum Gasteiger partial charge on any atom is -0.406 e. The molecule has 5 rings (SSSR count). The number of halogens is 3. The van der Waals surface area contributed by atoms with Crippen LogP contribution in [0.4, 0.5) is 13.2 Å². The molecular weight excluding hydrogens is 445 g/mol. The summed E-state index contributed by atoms with van der Waals surface area (Å²) in [5.74, 6) is -0.559. The Balaban J connectivity index is 1.67. The Morgan fingerprint density at radius 2 is 1.82 bits per heavy atom. The Bertz CT molecular complexity index is 1230. The molecule has 1 saturated carbocycles. The zero-order valence-electron chi connectivity index (χ0n) is 18.4. The first-order valence-corrected chi connectivity index (χ1v) is 11.2. The minimum absolute atomic E-state index is 0.0833. The summed E-state index contributed by atoms with van der Waals surface area (Å²) in [5.41, 5.74) is 16.1. The van der Waals surface area contributed by atoms with E-state index in [0.717, 1.165) is 29.7 Å². The van der Waals surface area contributed by atoms with Gasteiger partial charge < -0.3 is 26.1 Å². The molecule has 9 heteroatoms. The van der Waals surface area contributed by atoms with Crippen molar-refractivity contribution in [1.29, 1.82) is 0 Å². The summed E-state index contributed by atoms with van der Waals surface area (Å²) < 4.78 is 44.6. The van der Waals surface area contributed by atoms with Crippen molar-refractivity contribution in [1.82, 2.24) is 9.88 Å². The van der Waals surface area contributed by atoms with E-state index in [2.05, 4.69) is 10.1 Å². The Kier molecular flexibility index (Phi) is 5.41. The monoisotopic (exact) mass is 470 g/mol. The number of carbonyl (C=O) groups is 1. The normalized spacial score (nSPS) is 18.9. The fraction of sp³-hybridized carbons (Fsp3) is 0.320. The molecule has 1 aliphatic heterocycles. The summed E-state index contributed by atoms with van der Waals surface area (Å²) in [5, 5.41) is 2.89. The molecule has 1 amide bonds. The number of rotatable bonds is 6. The van der Waals surface area contributed by atoms with E-state index in [1.54, 1.807) is 12.1 Å². The van der Waals surface area contributed by atoms with Gasteiger partial charge in [0.1, 0.15) is 11.4 Å². The van der Waals surface area contributed by atoms with Crippen molar-refractivity contribution in [3.05, 3.63) is 65.9 Å². The molecule has 34 heavy (non-hydrogen) atoms. The number of carbonyl (C=O) groups excluding carboxylic acids is 1. The predicted octanol–water partition coefficient (Wildman–Crippen LogP) is 4.30. The smallest absolute Gasteiger partial charge is 0.406 e. The second kappa shape index (κ2) is 8.18. The second-order valence-corrected chi connectivity index (χ2v) is 8.91. The highest BCUT2D eigenvalue weighted by Gasteiger charge is 2.40. The maximum atomic E-state index is 12.8. The van der Waals surface area contributed by atoms with Crippen LogP contribution in [0.3, 0.4) is 0 Å². The lowest BCUT2D eigenvalue weighted by molar-refractivity contribution is -0.274. The average molecular weight is 470 g/mol. The van der Waals surface area contributed by atoms with Crippen molar-refractivity contribution in [2.24, 2.45) is 11.5 Å². The van der Waals surface area contributed by atoms with Crippen molar-refractivity contribution >= 4 is 5.91 Å². The lowest BCUT2D eigenvalue weighted by Crippen LogP contribution is -2.39. The maximum Gasteiger partial charge on any atom is 0.573 e. The Morgan fingerprint density at radius 1 is 1.09 bits per heavy atom. The zero-order chi connectivity index (χ0) is 24.1. The first-order chi connectivity index (χ1) is 16.2. The molecule has 1 atom stereocenters. The van der Waals surface area contributed by atoms with Crippen LogP contribution < -0.4 is 21.5 Å². The zero-order valence-corrected chi connectivity index (χ0v) is 18.4. The van der Waals surface area contributed by atoms with Crippen LogP contribution in [0.15, 0.2) is 54.6 Å². The highest BCUT2D eigenvalue weighted by molar-refractivity contribution is 5.98. The molecule has 2 aliphatic rings. The first kappa shape index (κ1) is 22.5. The van der Waals surface area contributed by atoms with Gasteiger partial charge in [-0.1, -0.05) is 36.4 Å². The van der Waals surface area contributed by atoms with E-state index in [1.807, 2.05) is 28.8 Å². The molecule has 1 fully saturated rings.